The fraction of sp³-hybridized carbons (Fsp3) is 0.261. The first-order valence-corrected chi connectivity index (χ1v) is 10.8. The molecule has 4 heterocycles. The van der Waals surface area contributed by atoms with Gasteiger partial charge in [0.15, 0.2) is 5.65 Å². The Morgan fingerprint density at radius 1 is 1.20 bits per heavy atom. The van der Waals surface area contributed by atoms with E-state index in [2.05, 4.69) is 25.7 Å². The standard InChI is InChI=1S/C19H18N8O2.C4H6F2/c1-11-5-6-12(9-22-11)26-7-3-4-14(19(26)29)24-15-8-16(21-2)27-18(25-15)13(10-23-27)17(20)28;5-4(6)2-1-3-4/h3-10,21H,1-2H3,(H2,20,28)(H,24,25);1-3H2. The number of pyridine rings is 2. The van der Waals surface area contributed by atoms with Gasteiger partial charge >= 0.3 is 0 Å². The smallest absolute Gasteiger partial charge is 0.278 e. The maximum absolute atomic E-state index is 12.9. The summed E-state index contributed by atoms with van der Waals surface area (Å²) < 4.78 is 26.0. The number of amides is 1. The molecule has 35 heavy (non-hydrogen) atoms. The predicted molar refractivity (Wildman–Crippen MR) is 128 cm³/mol. The number of alkyl halides is 2. The van der Waals surface area contributed by atoms with Crippen molar-refractivity contribution >= 4 is 28.9 Å². The number of fused-ring (bicyclic) bond motifs is 1. The van der Waals surface area contributed by atoms with Crippen molar-refractivity contribution in [3.63, 3.8) is 0 Å². The Balaban J connectivity index is 0.000000421. The molecule has 4 aromatic heterocycles. The second-order valence-corrected chi connectivity index (χ2v) is 8.02. The number of halogens is 2. The summed E-state index contributed by atoms with van der Waals surface area (Å²) in [5.74, 6) is -1.98. The number of aromatic nitrogens is 5. The van der Waals surface area contributed by atoms with Crippen LogP contribution in [0, 0.1) is 6.92 Å². The van der Waals surface area contributed by atoms with Crippen LogP contribution in [0.3, 0.4) is 0 Å². The van der Waals surface area contributed by atoms with Gasteiger partial charge in [0.2, 0.25) is 5.92 Å². The fourth-order valence-electron chi connectivity index (χ4n) is 3.36. The zero-order chi connectivity index (χ0) is 25.2. The van der Waals surface area contributed by atoms with Crippen molar-refractivity contribution in [2.75, 3.05) is 17.7 Å². The molecule has 0 bridgehead atoms. The second-order valence-electron chi connectivity index (χ2n) is 8.02. The molecule has 182 valence electrons. The second kappa shape index (κ2) is 9.49. The van der Waals surface area contributed by atoms with Crippen LogP contribution in [-0.2, 0) is 0 Å². The number of hydrogen-bond acceptors (Lipinski definition) is 7. The molecule has 4 N–H and O–H groups in total. The number of rotatable bonds is 5. The van der Waals surface area contributed by atoms with Crippen LogP contribution in [0.25, 0.3) is 11.3 Å². The third-order valence-electron chi connectivity index (χ3n) is 5.46. The van der Waals surface area contributed by atoms with Crippen LogP contribution >= 0.6 is 0 Å². The predicted octanol–water partition coefficient (Wildman–Crippen LogP) is 3.27. The van der Waals surface area contributed by atoms with Crippen LogP contribution in [0.1, 0.15) is 35.3 Å². The Morgan fingerprint density at radius 3 is 2.51 bits per heavy atom. The molecule has 12 heteroatoms. The molecule has 4 aromatic rings. The number of carbonyl (C=O) groups is 1. The number of nitrogens with two attached hydrogens (primary N) is 1. The Labute approximate surface area is 198 Å². The first-order chi connectivity index (χ1) is 16.7. The SMILES string of the molecule is CNc1cc(Nc2cccn(-c3ccc(C)nc3)c2=O)nc2c(C(N)=O)cnn12.FC1(F)CCC1. The van der Waals surface area contributed by atoms with Crippen molar-refractivity contribution in [1.82, 2.24) is 24.1 Å². The van der Waals surface area contributed by atoms with Crippen LogP contribution in [0.2, 0.25) is 0 Å². The third-order valence-corrected chi connectivity index (χ3v) is 5.46. The molecular formula is C23H24F2N8O2. The lowest BCUT2D eigenvalue weighted by Crippen LogP contribution is -2.24. The molecule has 1 saturated carbocycles. The van der Waals surface area contributed by atoms with E-state index >= 15 is 0 Å². The van der Waals surface area contributed by atoms with Crippen LogP contribution in [0.5, 0.6) is 0 Å². The number of aryl methyl sites for hydroxylation is 1. The molecule has 0 aliphatic heterocycles. The summed E-state index contributed by atoms with van der Waals surface area (Å²) in [6, 6.07) is 8.73. The molecule has 0 spiro atoms. The summed E-state index contributed by atoms with van der Waals surface area (Å²) in [5.41, 5.74) is 7.42. The van der Waals surface area contributed by atoms with Gasteiger partial charge in [-0.05, 0) is 37.6 Å². The lowest BCUT2D eigenvalue weighted by atomic mass is 9.95. The largest absolute Gasteiger partial charge is 0.373 e. The number of carbonyl (C=O) groups excluding carboxylic acids is 1. The Kier molecular flexibility index (Phi) is 6.45. The van der Waals surface area contributed by atoms with Crippen LogP contribution in [-0.4, -0.2) is 43.0 Å². The summed E-state index contributed by atoms with van der Waals surface area (Å²) in [4.78, 5) is 33.2. The van der Waals surface area contributed by atoms with Crippen molar-refractivity contribution in [2.45, 2.75) is 32.1 Å². The fourth-order valence-corrected chi connectivity index (χ4v) is 3.36. The highest BCUT2D eigenvalue weighted by molar-refractivity contribution is 5.98. The van der Waals surface area contributed by atoms with Crippen molar-refractivity contribution < 1.29 is 13.6 Å². The van der Waals surface area contributed by atoms with Crippen molar-refractivity contribution in [3.8, 4) is 5.69 Å². The van der Waals surface area contributed by atoms with Gasteiger partial charge in [-0.2, -0.15) is 9.61 Å². The Morgan fingerprint density at radius 2 is 1.94 bits per heavy atom. The molecule has 1 amide bonds. The maximum Gasteiger partial charge on any atom is 0.278 e. The monoisotopic (exact) mass is 482 g/mol. The van der Waals surface area contributed by atoms with Gasteiger partial charge in [0, 0.05) is 37.8 Å². The topological polar surface area (TPSA) is 132 Å². The summed E-state index contributed by atoms with van der Waals surface area (Å²) in [6.45, 7) is 1.88. The van der Waals surface area contributed by atoms with Gasteiger partial charge in [0.1, 0.15) is 22.9 Å². The van der Waals surface area contributed by atoms with E-state index in [1.165, 1.54) is 15.3 Å². The minimum Gasteiger partial charge on any atom is -0.373 e. The first kappa shape index (κ1) is 23.8. The zero-order valence-electron chi connectivity index (χ0n) is 19.1. The Bertz CT molecular complexity index is 1420. The summed E-state index contributed by atoms with van der Waals surface area (Å²) in [7, 11) is 1.71. The number of nitrogens with zero attached hydrogens (tertiary/aromatic N) is 5. The van der Waals surface area contributed by atoms with Gasteiger partial charge in [-0.15, -0.1) is 0 Å². The number of nitrogens with one attached hydrogen (secondary N) is 2. The molecule has 10 nitrogen and oxygen atoms in total. The van der Waals surface area contributed by atoms with Gasteiger partial charge < -0.3 is 16.4 Å². The van der Waals surface area contributed by atoms with Crippen LogP contribution in [0.4, 0.5) is 26.1 Å². The highest BCUT2D eigenvalue weighted by Gasteiger charge is 2.36. The lowest BCUT2D eigenvalue weighted by molar-refractivity contribution is -0.0717. The summed E-state index contributed by atoms with van der Waals surface area (Å²) >= 11 is 0. The van der Waals surface area contributed by atoms with E-state index in [1.54, 1.807) is 37.6 Å². The molecule has 0 aromatic carbocycles. The van der Waals surface area contributed by atoms with E-state index in [0.717, 1.165) is 5.69 Å². The van der Waals surface area contributed by atoms with E-state index in [-0.39, 0.29) is 29.6 Å². The number of anilines is 3. The van der Waals surface area contributed by atoms with Gasteiger partial charge in [-0.25, -0.2) is 13.8 Å². The molecule has 1 aliphatic carbocycles. The van der Waals surface area contributed by atoms with E-state index in [9.17, 15) is 18.4 Å². The molecule has 0 atom stereocenters. The molecule has 0 saturated heterocycles. The van der Waals surface area contributed by atoms with Crippen molar-refractivity contribution in [1.29, 1.82) is 0 Å². The lowest BCUT2D eigenvalue weighted by Gasteiger charge is -2.23. The summed E-state index contributed by atoms with van der Waals surface area (Å²) in [6.07, 6.45) is 5.61. The highest BCUT2D eigenvalue weighted by Crippen LogP contribution is 2.36. The number of hydrogen-bond donors (Lipinski definition) is 3. The maximum atomic E-state index is 12.9. The molecular weight excluding hydrogens is 458 g/mol. The van der Waals surface area contributed by atoms with E-state index in [1.807, 2.05) is 19.1 Å². The highest BCUT2D eigenvalue weighted by atomic mass is 19.3. The van der Waals surface area contributed by atoms with Gasteiger partial charge in [0.05, 0.1) is 18.1 Å². The molecule has 1 fully saturated rings. The van der Waals surface area contributed by atoms with E-state index < -0.39 is 11.8 Å². The normalized spacial score (nSPS) is 13.9. The van der Waals surface area contributed by atoms with E-state index in [0.29, 0.717) is 29.4 Å². The minimum atomic E-state index is -2.28. The number of primary amides is 1. The average molecular weight is 482 g/mol. The average Bonchev–Trinajstić information content (AvgIpc) is 3.24. The van der Waals surface area contributed by atoms with Crippen LogP contribution < -0.4 is 21.9 Å². The summed E-state index contributed by atoms with van der Waals surface area (Å²) in [5, 5.41) is 10.1. The first-order valence-electron chi connectivity index (χ1n) is 10.8. The van der Waals surface area contributed by atoms with Gasteiger partial charge in [-0.3, -0.25) is 19.1 Å². The zero-order valence-corrected chi connectivity index (χ0v) is 19.1. The van der Waals surface area contributed by atoms with Crippen molar-refractivity contribution in [3.05, 3.63) is 70.5 Å². The van der Waals surface area contributed by atoms with Gasteiger partial charge in [0.25, 0.3) is 11.5 Å². The quantitative estimate of drug-likeness (QED) is 0.398. The van der Waals surface area contributed by atoms with Crippen LogP contribution in [0.15, 0.2) is 53.7 Å². The molecule has 0 unspecified atom stereocenters. The van der Waals surface area contributed by atoms with E-state index in [4.69, 9.17) is 5.73 Å². The molecule has 0 radical (unpaired) electrons. The third kappa shape index (κ3) is 5.10. The minimum absolute atomic E-state index is 0.118. The Hall–Kier alpha value is -4.35. The molecule has 5 rings (SSSR count). The van der Waals surface area contributed by atoms with Crippen molar-refractivity contribution in [2.24, 2.45) is 5.73 Å². The van der Waals surface area contributed by atoms with Gasteiger partial charge in [-0.1, -0.05) is 0 Å². The molecule has 1 aliphatic rings.